The molecule has 0 saturated heterocycles. The number of para-hydroxylation sites is 1. The van der Waals surface area contributed by atoms with Crippen LogP contribution < -0.4 is 20.5 Å². The van der Waals surface area contributed by atoms with E-state index in [0.717, 1.165) is 10.6 Å². The first-order valence-corrected chi connectivity index (χ1v) is 8.28. The number of aromatic amines is 1. The third kappa shape index (κ3) is 4.25. The van der Waals surface area contributed by atoms with E-state index >= 15 is 0 Å². The number of anilines is 1. The molecule has 7 nitrogen and oxygen atoms in total. The number of ether oxygens (including phenoxy) is 1. The third-order valence-electron chi connectivity index (χ3n) is 3.97. The summed E-state index contributed by atoms with van der Waals surface area (Å²) in [6.45, 7) is 0.693. The van der Waals surface area contributed by atoms with Gasteiger partial charge in [-0.05, 0) is 36.4 Å². The van der Waals surface area contributed by atoms with E-state index in [0.29, 0.717) is 29.0 Å². The third-order valence-corrected chi connectivity index (χ3v) is 3.97. The first kappa shape index (κ1) is 17.6. The highest BCUT2D eigenvalue weighted by Gasteiger charge is 2.13. The van der Waals surface area contributed by atoms with E-state index in [4.69, 9.17) is 4.74 Å². The highest BCUT2D eigenvalue weighted by Crippen LogP contribution is 2.14. The Kier molecular flexibility index (Phi) is 5.28. The molecule has 134 valence electrons. The van der Waals surface area contributed by atoms with Crippen LogP contribution in [0.25, 0.3) is 10.9 Å². The normalized spacial score (nSPS) is 11.9. The van der Waals surface area contributed by atoms with Gasteiger partial charge in [-0.2, -0.15) is 0 Å². The molecule has 0 fully saturated rings. The lowest BCUT2D eigenvalue weighted by molar-refractivity contribution is -0.885. The zero-order valence-electron chi connectivity index (χ0n) is 14.7. The van der Waals surface area contributed by atoms with Crippen molar-refractivity contribution in [2.75, 3.05) is 26.0 Å². The van der Waals surface area contributed by atoms with Gasteiger partial charge in [0.2, 0.25) is 0 Å². The number of carbonyl (C=O) groups is 1. The number of quaternary nitrogens is 1. The number of hydrogen-bond acceptors (Lipinski definition) is 4. The lowest BCUT2D eigenvalue weighted by Gasteiger charge is -2.13. The number of nitrogens with one attached hydrogen (secondary N) is 3. The maximum absolute atomic E-state index is 12.2. The van der Waals surface area contributed by atoms with E-state index in [1.165, 1.54) is 0 Å². The Labute approximate surface area is 150 Å². The molecule has 0 aliphatic heterocycles. The van der Waals surface area contributed by atoms with Crippen LogP contribution in [0.5, 0.6) is 5.75 Å². The predicted molar refractivity (Wildman–Crippen MR) is 99.4 cm³/mol. The molecule has 1 unspecified atom stereocenters. The monoisotopic (exact) mass is 353 g/mol. The van der Waals surface area contributed by atoms with E-state index in [9.17, 15) is 9.59 Å². The number of H-pyrrole nitrogens is 1. The molecule has 26 heavy (non-hydrogen) atoms. The molecular formula is C19H21N4O3+. The Balaban J connectivity index is 1.62. The van der Waals surface area contributed by atoms with E-state index in [1.54, 1.807) is 49.6 Å². The topological polar surface area (TPSA) is 88.5 Å². The molecular weight excluding hydrogens is 332 g/mol. The molecule has 0 saturated carbocycles. The Morgan fingerprint density at radius 1 is 1.19 bits per heavy atom. The van der Waals surface area contributed by atoms with Crippen LogP contribution in [0.1, 0.15) is 5.82 Å². The molecule has 0 spiro atoms. The molecule has 3 aromatic rings. The van der Waals surface area contributed by atoms with Crippen LogP contribution in [0.2, 0.25) is 0 Å². The van der Waals surface area contributed by atoms with E-state index in [2.05, 4.69) is 15.3 Å². The second-order valence-corrected chi connectivity index (χ2v) is 6.12. The molecule has 1 amide bonds. The fourth-order valence-electron chi connectivity index (χ4n) is 2.72. The van der Waals surface area contributed by atoms with Crippen LogP contribution in [0.15, 0.2) is 53.3 Å². The molecule has 0 radical (unpaired) electrons. The number of fused-ring (bicyclic) bond motifs is 1. The lowest BCUT2D eigenvalue weighted by Crippen LogP contribution is -3.08. The largest absolute Gasteiger partial charge is 0.497 e. The maximum Gasteiger partial charge on any atom is 0.279 e. The summed E-state index contributed by atoms with van der Waals surface area (Å²) in [6, 6.07) is 14.3. The van der Waals surface area contributed by atoms with Gasteiger partial charge in [0.05, 0.1) is 25.1 Å². The van der Waals surface area contributed by atoms with Crippen molar-refractivity contribution >= 4 is 22.5 Å². The lowest BCUT2D eigenvalue weighted by atomic mass is 10.2. The number of nitrogens with zero attached hydrogens (tertiary/aromatic N) is 1. The maximum atomic E-state index is 12.2. The average molecular weight is 353 g/mol. The number of rotatable bonds is 6. The first-order chi connectivity index (χ1) is 12.5. The molecule has 0 bridgehead atoms. The van der Waals surface area contributed by atoms with Crippen LogP contribution in [0.3, 0.4) is 0 Å². The summed E-state index contributed by atoms with van der Waals surface area (Å²) in [5, 5.41) is 3.40. The zero-order valence-corrected chi connectivity index (χ0v) is 14.7. The number of hydrogen-bond donors (Lipinski definition) is 3. The van der Waals surface area contributed by atoms with Crippen molar-refractivity contribution < 1.29 is 14.4 Å². The number of methoxy groups -OCH3 is 1. The second kappa shape index (κ2) is 7.79. The zero-order chi connectivity index (χ0) is 18.5. The van der Waals surface area contributed by atoms with E-state index < -0.39 is 0 Å². The summed E-state index contributed by atoms with van der Waals surface area (Å²) in [4.78, 5) is 32.5. The van der Waals surface area contributed by atoms with Crippen molar-refractivity contribution in [2.24, 2.45) is 0 Å². The molecule has 0 aliphatic carbocycles. The second-order valence-electron chi connectivity index (χ2n) is 6.12. The quantitative estimate of drug-likeness (QED) is 0.605. The van der Waals surface area contributed by atoms with Crippen LogP contribution in [0, 0.1) is 0 Å². The molecule has 7 heteroatoms. The smallest absolute Gasteiger partial charge is 0.279 e. The Bertz CT molecular complexity index is 966. The molecule has 3 rings (SSSR count). The minimum atomic E-state index is -0.166. The van der Waals surface area contributed by atoms with Crippen LogP contribution in [0.4, 0.5) is 5.69 Å². The number of amides is 1. The van der Waals surface area contributed by atoms with Gasteiger partial charge in [0, 0.05) is 5.69 Å². The Hall–Kier alpha value is -3.19. The highest BCUT2D eigenvalue weighted by atomic mass is 16.5. The number of aromatic nitrogens is 2. The molecule has 0 aliphatic rings. The summed E-state index contributed by atoms with van der Waals surface area (Å²) in [5.41, 5.74) is 1.20. The fraction of sp³-hybridized carbons (Fsp3) is 0.211. The standard InChI is InChI=1S/C19H20N4O3/c1-23(12-18(24)20-13-7-9-14(26-2)10-8-13)11-17-21-16-6-4-3-5-15(16)19(25)22-17/h3-10H,11-12H2,1-2H3,(H,20,24)(H,21,22,25)/p+1. The molecule has 2 aromatic carbocycles. The highest BCUT2D eigenvalue weighted by molar-refractivity contribution is 5.91. The predicted octanol–water partition coefficient (Wildman–Crippen LogP) is 0.585. The van der Waals surface area contributed by atoms with Gasteiger partial charge in [0.25, 0.3) is 11.5 Å². The first-order valence-electron chi connectivity index (χ1n) is 8.28. The number of likely N-dealkylation sites (N-methyl/N-ethyl adjacent to an activating group) is 1. The van der Waals surface area contributed by atoms with Gasteiger partial charge in [0.15, 0.2) is 12.4 Å². The minimum absolute atomic E-state index is 0.115. The molecule has 1 aromatic heterocycles. The van der Waals surface area contributed by atoms with E-state index in [-0.39, 0.29) is 18.0 Å². The minimum Gasteiger partial charge on any atom is -0.497 e. The molecule has 3 N–H and O–H groups in total. The van der Waals surface area contributed by atoms with Gasteiger partial charge in [-0.3, -0.25) is 9.59 Å². The van der Waals surface area contributed by atoms with Crippen molar-refractivity contribution in [1.29, 1.82) is 0 Å². The van der Waals surface area contributed by atoms with Crippen molar-refractivity contribution in [3.63, 3.8) is 0 Å². The fourth-order valence-corrected chi connectivity index (χ4v) is 2.72. The SMILES string of the molecule is COc1ccc(NC(=O)C[NH+](C)Cc2nc3ccccc3c(=O)[nH]2)cc1. The Morgan fingerprint density at radius 2 is 1.92 bits per heavy atom. The summed E-state index contributed by atoms with van der Waals surface area (Å²) >= 11 is 0. The van der Waals surface area contributed by atoms with Crippen molar-refractivity contribution in [3.8, 4) is 5.75 Å². The van der Waals surface area contributed by atoms with Gasteiger partial charge in [-0.15, -0.1) is 0 Å². The van der Waals surface area contributed by atoms with Gasteiger partial charge >= 0.3 is 0 Å². The average Bonchev–Trinajstić information content (AvgIpc) is 2.62. The van der Waals surface area contributed by atoms with Gasteiger partial charge in [-0.1, -0.05) is 12.1 Å². The summed E-state index contributed by atoms with van der Waals surface area (Å²) in [5.74, 6) is 1.18. The number of carbonyl (C=O) groups excluding carboxylic acids is 1. The summed E-state index contributed by atoms with van der Waals surface area (Å²) < 4.78 is 5.09. The Morgan fingerprint density at radius 3 is 2.65 bits per heavy atom. The van der Waals surface area contributed by atoms with Crippen LogP contribution in [-0.2, 0) is 11.3 Å². The van der Waals surface area contributed by atoms with Gasteiger partial charge in [0.1, 0.15) is 12.3 Å². The molecule has 1 heterocycles. The number of benzene rings is 2. The molecule has 1 atom stereocenters. The van der Waals surface area contributed by atoms with Crippen molar-refractivity contribution in [3.05, 3.63) is 64.7 Å². The van der Waals surface area contributed by atoms with Gasteiger partial charge < -0.3 is 19.9 Å². The summed E-state index contributed by atoms with van der Waals surface area (Å²) in [7, 11) is 3.47. The van der Waals surface area contributed by atoms with E-state index in [1.807, 2.05) is 13.1 Å². The van der Waals surface area contributed by atoms with Crippen molar-refractivity contribution in [2.45, 2.75) is 6.54 Å². The van der Waals surface area contributed by atoms with Gasteiger partial charge in [-0.25, -0.2) is 4.98 Å². The van der Waals surface area contributed by atoms with Crippen LogP contribution in [-0.4, -0.2) is 36.6 Å². The van der Waals surface area contributed by atoms with Crippen LogP contribution >= 0.6 is 0 Å². The van der Waals surface area contributed by atoms with Crippen molar-refractivity contribution in [1.82, 2.24) is 9.97 Å². The summed E-state index contributed by atoms with van der Waals surface area (Å²) in [6.07, 6.45) is 0.